The number of carbonyl (C=O) groups excluding carboxylic acids is 2. The van der Waals surface area contributed by atoms with Gasteiger partial charge in [0.25, 0.3) is 11.8 Å². The second kappa shape index (κ2) is 13.3. The van der Waals surface area contributed by atoms with E-state index < -0.39 is 64.9 Å². The van der Waals surface area contributed by atoms with Crippen LogP contribution in [0.15, 0.2) is 89.1 Å². The molecule has 1 aliphatic rings. The molecule has 0 aromatic heterocycles. The molecule has 1 unspecified atom stereocenters. The van der Waals surface area contributed by atoms with E-state index in [4.69, 9.17) is 4.74 Å². The predicted molar refractivity (Wildman–Crippen MR) is 141 cm³/mol. The summed E-state index contributed by atoms with van der Waals surface area (Å²) in [6.45, 7) is 8.08. The molecule has 3 rings (SSSR count). The van der Waals surface area contributed by atoms with Gasteiger partial charge in [0.05, 0.1) is 13.2 Å². The van der Waals surface area contributed by atoms with Gasteiger partial charge in [-0.15, -0.1) is 13.2 Å². The standard InChI is InChI=1S/C28H27F3N4O4/c1-4-11-32-26-22(27(37)33-14-19-20(30)12-18(29)13-21(19)31)24(36)25(39-15-17-9-7-6-8-10-17)23(35-26)28(38)34-16(3)5-2/h4-10,12-13,16,25,36H,1-2,11,14-15H2,3H3,(H,33,37)(H,34,38)/t16-,25?/m0/s1. The first-order valence-electron chi connectivity index (χ1n) is 11.8. The van der Waals surface area contributed by atoms with E-state index in [1.807, 2.05) is 0 Å². The van der Waals surface area contributed by atoms with Crippen LogP contribution in [0.3, 0.4) is 0 Å². The number of amides is 2. The summed E-state index contributed by atoms with van der Waals surface area (Å²) in [5, 5.41) is 16.1. The van der Waals surface area contributed by atoms with Gasteiger partial charge in [0.1, 0.15) is 34.5 Å². The van der Waals surface area contributed by atoms with Crippen LogP contribution in [0.2, 0.25) is 0 Å². The average molecular weight is 541 g/mol. The number of hydrogen-bond acceptors (Lipinski definition) is 5. The Morgan fingerprint density at radius 1 is 1.15 bits per heavy atom. The molecule has 0 aliphatic carbocycles. The molecule has 1 aliphatic heterocycles. The number of nitrogens with zero attached hydrogens (tertiary/aromatic N) is 2. The van der Waals surface area contributed by atoms with Crippen molar-refractivity contribution in [1.29, 1.82) is 0 Å². The lowest BCUT2D eigenvalue weighted by molar-refractivity contribution is -0.118. The number of carbonyl (C=O) groups is 2. The summed E-state index contributed by atoms with van der Waals surface area (Å²) in [7, 11) is 0. The van der Waals surface area contributed by atoms with E-state index in [-0.39, 0.29) is 24.7 Å². The number of aliphatic imine (C=N–C) groups is 2. The number of nitrogens with one attached hydrogen (secondary N) is 2. The fourth-order valence-electron chi connectivity index (χ4n) is 3.51. The highest BCUT2D eigenvalue weighted by Crippen LogP contribution is 2.23. The molecule has 0 radical (unpaired) electrons. The SMILES string of the molecule is C=CCN=C1N=C(C(=O)N[C@@H](C)C=C)C(OCc2ccccc2)C(O)=C1C(=O)NCc1c(F)cc(F)cc1F. The number of dihydropyridines is 1. The number of ether oxygens (including phenoxy) is 1. The molecule has 0 fully saturated rings. The van der Waals surface area contributed by atoms with Gasteiger partial charge < -0.3 is 20.5 Å². The molecule has 2 aromatic carbocycles. The maximum Gasteiger partial charge on any atom is 0.269 e. The summed E-state index contributed by atoms with van der Waals surface area (Å²) in [5.41, 5.74) is -0.619. The summed E-state index contributed by atoms with van der Waals surface area (Å²) in [6.07, 6.45) is 1.40. The van der Waals surface area contributed by atoms with E-state index in [0.29, 0.717) is 17.7 Å². The third kappa shape index (κ3) is 7.29. The molecule has 1 heterocycles. The molecular formula is C28H27F3N4O4. The van der Waals surface area contributed by atoms with Crippen molar-refractivity contribution in [1.82, 2.24) is 10.6 Å². The first kappa shape index (κ1) is 29.1. The monoisotopic (exact) mass is 540 g/mol. The number of amidine groups is 1. The van der Waals surface area contributed by atoms with Crippen molar-refractivity contribution in [3.63, 3.8) is 0 Å². The van der Waals surface area contributed by atoms with Crippen molar-refractivity contribution in [3.05, 3.63) is 108 Å². The van der Waals surface area contributed by atoms with Crippen molar-refractivity contribution in [2.24, 2.45) is 9.98 Å². The van der Waals surface area contributed by atoms with Crippen molar-refractivity contribution >= 4 is 23.4 Å². The Morgan fingerprint density at radius 3 is 2.44 bits per heavy atom. The van der Waals surface area contributed by atoms with E-state index in [1.165, 1.54) is 12.2 Å². The van der Waals surface area contributed by atoms with Crippen molar-refractivity contribution in [2.45, 2.75) is 32.2 Å². The van der Waals surface area contributed by atoms with Crippen LogP contribution >= 0.6 is 0 Å². The second-order valence-electron chi connectivity index (χ2n) is 8.42. The van der Waals surface area contributed by atoms with Crippen LogP contribution in [-0.2, 0) is 27.5 Å². The molecular weight excluding hydrogens is 513 g/mol. The average Bonchev–Trinajstić information content (AvgIpc) is 2.90. The summed E-state index contributed by atoms with van der Waals surface area (Å²) in [5.74, 6) is -6.22. The van der Waals surface area contributed by atoms with E-state index in [9.17, 15) is 27.9 Å². The minimum Gasteiger partial charge on any atom is -0.508 e. The summed E-state index contributed by atoms with van der Waals surface area (Å²) < 4.78 is 47.3. The fourth-order valence-corrected chi connectivity index (χ4v) is 3.51. The van der Waals surface area contributed by atoms with Crippen LogP contribution in [0.25, 0.3) is 0 Å². The lowest BCUT2D eigenvalue weighted by Crippen LogP contribution is -2.47. The fraction of sp³-hybridized carbons (Fsp3) is 0.214. The molecule has 2 aromatic rings. The zero-order chi connectivity index (χ0) is 28.5. The Bertz CT molecular complexity index is 1330. The Labute approximate surface area is 223 Å². The maximum absolute atomic E-state index is 14.1. The number of benzene rings is 2. The maximum atomic E-state index is 14.1. The lowest BCUT2D eigenvalue weighted by Gasteiger charge is -2.26. The van der Waals surface area contributed by atoms with Gasteiger partial charge in [-0.25, -0.2) is 18.2 Å². The van der Waals surface area contributed by atoms with Crippen LogP contribution in [0.5, 0.6) is 0 Å². The van der Waals surface area contributed by atoms with E-state index >= 15 is 0 Å². The molecule has 8 nitrogen and oxygen atoms in total. The highest BCUT2D eigenvalue weighted by molar-refractivity contribution is 6.45. The Kier molecular flexibility index (Phi) is 9.93. The Morgan fingerprint density at radius 2 is 1.82 bits per heavy atom. The molecule has 0 spiro atoms. The highest BCUT2D eigenvalue weighted by atomic mass is 19.1. The predicted octanol–water partition coefficient (Wildman–Crippen LogP) is 3.85. The van der Waals surface area contributed by atoms with Crippen molar-refractivity contribution < 1.29 is 32.6 Å². The smallest absolute Gasteiger partial charge is 0.269 e. The molecule has 0 saturated carbocycles. The van der Waals surface area contributed by atoms with Crippen LogP contribution in [0, 0.1) is 17.5 Å². The summed E-state index contributed by atoms with van der Waals surface area (Å²) >= 11 is 0. The summed E-state index contributed by atoms with van der Waals surface area (Å²) in [4.78, 5) is 34.6. The first-order chi connectivity index (χ1) is 18.7. The largest absolute Gasteiger partial charge is 0.508 e. The van der Waals surface area contributed by atoms with Crippen LogP contribution < -0.4 is 10.6 Å². The van der Waals surface area contributed by atoms with Gasteiger partial charge in [0.2, 0.25) is 0 Å². The minimum atomic E-state index is -1.48. The quantitative estimate of drug-likeness (QED) is 0.376. The number of hydrogen-bond donors (Lipinski definition) is 3. The topological polar surface area (TPSA) is 112 Å². The van der Waals surface area contributed by atoms with E-state index in [0.717, 1.165) is 0 Å². The van der Waals surface area contributed by atoms with E-state index in [2.05, 4.69) is 33.8 Å². The van der Waals surface area contributed by atoms with Crippen molar-refractivity contribution in [3.8, 4) is 0 Å². The van der Waals surface area contributed by atoms with E-state index in [1.54, 1.807) is 37.3 Å². The van der Waals surface area contributed by atoms with Gasteiger partial charge in [-0.05, 0) is 12.5 Å². The number of aliphatic hydroxyl groups is 1. The van der Waals surface area contributed by atoms with Gasteiger partial charge in [0, 0.05) is 30.3 Å². The first-order valence-corrected chi connectivity index (χ1v) is 11.8. The van der Waals surface area contributed by atoms with Gasteiger partial charge in [0.15, 0.2) is 11.9 Å². The lowest BCUT2D eigenvalue weighted by atomic mass is 10.0. The Balaban J connectivity index is 1.99. The normalized spacial score (nSPS) is 16.9. The third-order valence-electron chi connectivity index (χ3n) is 5.54. The molecule has 3 N–H and O–H groups in total. The van der Waals surface area contributed by atoms with Gasteiger partial charge in [-0.3, -0.25) is 14.6 Å². The molecule has 2 atom stereocenters. The molecule has 0 saturated heterocycles. The number of halogens is 3. The third-order valence-corrected chi connectivity index (χ3v) is 5.54. The minimum absolute atomic E-state index is 0.0301. The van der Waals surface area contributed by atoms with Crippen LogP contribution in [0.4, 0.5) is 13.2 Å². The zero-order valence-electron chi connectivity index (χ0n) is 21.1. The van der Waals surface area contributed by atoms with Crippen LogP contribution in [-0.4, -0.2) is 47.2 Å². The molecule has 11 heteroatoms. The molecule has 2 amide bonds. The number of rotatable bonds is 11. The zero-order valence-corrected chi connectivity index (χ0v) is 21.1. The van der Waals surface area contributed by atoms with Gasteiger partial charge in [-0.1, -0.05) is 42.5 Å². The van der Waals surface area contributed by atoms with Crippen LogP contribution in [0.1, 0.15) is 18.1 Å². The second-order valence-corrected chi connectivity index (χ2v) is 8.42. The Hall–Kier alpha value is -4.51. The van der Waals surface area contributed by atoms with Gasteiger partial charge in [-0.2, -0.15) is 0 Å². The summed E-state index contributed by atoms with van der Waals surface area (Å²) in [6, 6.07) is 9.37. The molecule has 39 heavy (non-hydrogen) atoms. The van der Waals surface area contributed by atoms with Crippen molar-refractivity contribution in [2.75, 3.05) is 6.54 Å². The van der Waals surface area contributed by atoms with Gasteiger partial charge >= 0.3 is 0 Å². The number of aliphatic hydroxyl groups excluding tert-OH is 1. The highest BCUT2D eigenvalue weighted by Gasteiger charge is 2.38. The molecule has 0 bridgehead atoms. The molecule has 204 valence electrons.